The third-order valence-corrected chi connectivity index (χ3v) is 0.687. The summed E-state index contributed by atoms with van der Waals surface area (Å²) in [5.41, 5.74) is -1.31. The van der Waals surface area contributed by atoms with Crippen molar-refractivity contribution < 1.29 is 13.2 Å². The fraction of sp³-hybridized carbons (Fsp3) is 0.500. The molecule has 0 unspecified atom stereocenters. The van der Waals surface area contributed by atoms with Gasteiger partial charge in [-0.2, -0.15) is 8.78 Å². The third kappa shape index (κ3) is 2.05. The maximum atomic E-state index is 11.8. The molecule has 0 radical (unpaired) electrons. The molecule has 8 heavy (non-hydrogen) atoms. The molecule has 0 rings (SSSR count). The van der Waals surface area contributed by atoms with Gasteiger partial charge in [-0.15, -0.1) is 0 Å². The lowest BCUT2D eigenvalue weighted by Crippen LogP contribution is -2.01. The van der Waals surface area contributed by atoms with E-state index in [2.05, 4.69) is 0 Å². The van der Waals surface area contributed by atoms with Crippen LogP contribution in [0, 0.1) is 0 Å². The third-order valence-electron chi connectivity index (χ3n) is 0.687. The van der Waals surface area contributed by atoms with Gasteiger partial charge >= 0.3 is 0 Å². The minimum absolute atomic E-state index is 0.694. The Morgan fingerprint density at radius 1 is 1.12 bits per heavy atom. The molecule has 0 saturated carbocycles. The molecule has 0 aliphatic carbocycles. The second-order valence-electron chi connectivity index (χ2n) is 1.76. The molecule has 0 amide bonds. The molecule has 4 heteroatoms. The van der Waals surface area contributed by atoms with Gasteiger partial charge < -0.3 is 0 Å². The summed E-state index contributed by atoms with van der Waals surface area (Å²) in [6.45, 7) is 2.04. The number of hydrogen-bond acceptors (Lipinski definition) is 0. The Bertz CT molecular complexity index is 104. The molecular weight excluding hydrogens is 116 g/mol. The molecule has 0 aromatic rings. The molecule has 0 nitrogen and oxygen atoms in total. The SMILES string of the molecule is CB(C)C(F)=C(F)F. The zero-order valence-corrected chi connectivity index (χ0v) is 4.71. The van der Waals surface area contributed by atoms with Crippen molar-refractivity contribution in [1.29, 1.82) is 0 Å². The lowest BCUT2D eigenvalue weighted by atomic mass is 9.54. The van der Waals surface area contributed by atoms with Gasteiger partial charge in [0.15, 0.2) is 0 Å². The molecular formula is C4H6BF3. The Balaban J connectivity index is 4.00. The van der Waals surface area contributed by atoms with Crippen molar-refractivity contribution >= 4 is 6.71 Å². The summed E-state index contributed by atoms with van der Waals surface area (Å²) in [7, 11) is 0. The first kappa shape index (κ1) is 7.59. The van der Waals surface area contributed by atoms with Crippen LogP contribution in [-0.2, 0) is 0 Å². The van der Waals surface area contributed by atoms with E-state index >= 15 is 0 Å². The Hall–Kier alpha value is -0.405. The molecule has 0 aliphatic heterocycles. The lowest BCUT2D eigenvalue weighted by molar-refractivity contribution is 0.392. The van der Waals surface area contributed by atoms with E-state index in [4.69, 9.17) is 0 Å². The summed E-state index contributed by atoms with van der Waals surface area (Å²) < 4.78 is 34.1. The molecule has 0 fully saturated rings. The Kier molecular flexibility index (Phi) is 2.65. The van der Waals surface area contributed by atoms with Crippen molar-refractivity contribution in [3.05, 3.63) is 11.8 Å². The molecule has 0 aromatic heterocycles. The molecule has 0 bridgehead atoms. The highest BCUT2D eigenvalue weighted by Gasteiger charge is 2.11. The van der Waals surface area contributed by atoms with E-state index in [1.807, 2.05) is 0 Å². The fourth-order valence-electron chi connectivity index (χ4n) is 0.218. The number of halogens is 3. The summed E-state index contributed by atoms with van der Waals surface area (Å²) in [5, 5.41) is 0. The second-order valence-corrected chi connectivity index (χ2v) is 1.76. The minimum Gasteiger partial charge on any atom is -0.217 e. The molecule has 0 saturated heterocycles. The predicted molar refractivity (Wildman–Crippen MR) is 27.8 cm³/mol. The van der Waals surface area contributed by atoms with Crippen LogP contribution >= 0.6 is 0 Å². The first-order valence-electron chi connectivity index (χ1n) is 2.26. The van der Waals surface area contributed by atoms with Crippen LogP contribution in [0.5, 0.6) is 0 Å². The van der Waals surface area contributed by atoms with Gasteiger partial charge in [0.1, 0.15) is 5.73 Å². The highest BCUT2D eigenvalue weighted by Crippen LogP contribution is 2.11. The van der Waals surface area contributed by atoms with Gasteiger partial charge in [0.2, 0.25) is 6.71 Å². The van der Waals surface area contributed by atoms with E-state index in [0.29, 0.717) is 0 Å². The molecule has 0 N–H and O–H groups in total. The summed E-state index contributed by atoms with van der Waals surface area (Å²) in [5.74, 6) is 0. The zero-order chi connectivity index (χ0) is 6.73. The molecule has 0 heterocycles. The van der Waals surface area contributed by atoms with E-state index in [1.54, 1.807) is 0 Å². The number of hydrogen-bond donors (Lipinski definition) is 0. The fourth-order valence-corrected chi connectivity index (χ4v) is 0.218. The van der Waals surface area contributed by atoms with Crippen LogP contribution < -0.4 is 0 Å². The maximum absolute atomic E-state index is 11.8. The summed E-state index contributed by atoms with van der Waals surface area (Å²) >= 11 is 0. The average molecular weight is 122 g/mol. The summed E-state index contributed by atoms with van der Waals surface area (Å²) in [4.78, 5) is 0. The second kappa shape index (κ2) is 2.79. The highest BCUT2D eigenvalue weighted by atomic mass is 19.3. The van der Waals surface area contributed by atoms with Gasteiger partial charge in [0, 0.05) is 0 Å². The molecule has 46 valence electrons. The van der Waals surface area contributed by atoms with Crippen molar-refractivity contribution in [1.82, 2.24) is 0 Å². The van der Waals surface area contributed by atoms with Crippen LogP contribution in [0.3, 0.4) is 0 Å². The standard InChI is InChI=1S/C4H6BF3/c1-5(2)3(6)4(7)8/h1-2H3. The molecule has 0 atom stereocenters. The van der Waals surface area contributed by atoms with Crippen LogP contribution in [0.15, 0.2) is 11.8 Å². The van der Waals surface area contributed by atoms with Crippen molar-refractivity contribution in [2.45, 2.75) is 13.6 Å². The van der Waals surface area contributed by atoms with Gasteiger partial charge in [-0.3, -0.25) is 0 Å². The minimum atomic E-state index is -2.21. The maximum Gasteiger partial charge on any atom is 0.291 e. The highest BCUT2D eigenvalue weighted by molar-refractivity contribution is 6.63. The largest absolute Gasteiger partial charge is 0.291 e. The predicted octanol–water partition coefficient (Wildman–Crippen LogP) is 2.36. The Morgan fingerprint density at radius 3 is 1.50 bits per heavy atom. The molecule has 0 aliphatic rings. The first-order chi connectivity index (χ1) is 3.55. The van der Waals surface area contributed by atoms with Crippen LogP contribution in [0.4, 0.5) is 13.2 Å². The Labute approximate surface area is 46.5 Å². The van der Waals surface area contributed by atoms with Gasteiger partial charge in [0.05, 0.1) is 0 Å². The zero-order valence-electron chi connectivity index (χ0n) is 4.71. The van der Waals surface area contributed by atoms with E-state index in [0.717, 1.165) is 0 Å². The molecule has 0 spiro atoms. The van der Waals surface area contributed by atoms with Crippen LogP contribution in [-0.4, -0.2) is 6.71 Å². The number of rotatable bonds is 1. The van der Waals surface area contributed by atoms with Crippen molar-refractivity contribution in [2.24, 2.45) is 0 Å². The first-order valence-corrected chi connectivity index (χ1v) is 2.26. The van der Waals surface area contributed by atoms with Crippen molar-refractivity contribution in [3.63, 3.8) is 0 Å². The summed E-state index contributed by atoms with van der Waals surface area (Å²) in [6, 6.07) is 0. The monoisotopic (exact) mass is 122 g/mol. The van der Waals surface area contributed by atoms with Gasteiger partial charge in [-0.05, 0) is 0 Å². The van der Waals surface area contributed by atoms with Crippen LogP contribution in [0.2, 0.25) is 13.6 Å². The Morgan fingerprint density at radius 2 is 1.50 bits per heavy atom. The van der Waals surface area contributed by atoms with E-state index in [9.17, 15) is 13.2 Å². The normalized spacial score (nSPS) is 8.62. The van der Waals surface area contributed by atoms with Gasteiger partial charge in [-0.1, -0.05) is 13.6 Å². The van der Waals surface area contributed by atoms with E-state index in [-0.39, 0.29) is 0 Å². The molecule has 0 aromatic carbocycles. The van der Waals surface area contributed by atoms with Crippen molar-refractivity contribution in [3.8, 4) is 0 Å². The van der Waals surface area contributed by atoms with E-state index in [1.165, 1.54) is 13.6 Å². The van der Waals surface area contributed by atoms with Crippen LogP contribution in [0.25, 0.3) is 0 Å². The lowest BCUT2D eigenvalue weighted by Gasteiger charge is -1.91. The smallest absolute Gasteiger partial charge is 0.217 e. The van der Waals surface area contributed by atoms with Gasteiger partial charge in [0.25, 0.3) is 6.08 Å². The average Bonchev–Trinajstić information content (AvgIpc) is 1.64. The van der Waals surface area contributed by atoms with Crippen LogP contribution in [0.1, 0.15) is 0 Å². The van der Waals surface area contributed by atoms with E-state index < -0.39 is 18.5 Å². The van der Waals surface area contributed by atoms with Gasteiger partial charge in [-0.25, -0.2) is 4.39 Å². The topological polar surface area (TPSA) is 0 Å². The summed E-state index contributed by atoms with van der Waals surface area (Å²) in [6.07, 6.45) is -2.21. The van der Waals surface area contributed by atoms with Crippen molar-refractivity contribution in [2.75, 3.05) is 0 Å². The quantitative estimate of drug-likeness (QED) is 0.468.